The van der Waals surface area contributed by atoms with E-state index in [-0.39, 0.29) is 12.1 Å². The first-order chi connectivity index (χ1) is 8.52. The SMILES string of the molecule is C#CCC(C)NC(C)c1ccc(NC(N)=O)cc1. The summed E-state index contributed by atoms with van der Waals surface area (Å²) in [6.45, 7) is 4.13. The third-order valence-electron chi connectivity index (χ3n) is 2.64. The number of rotatable bonds is 5. The van der Waals surface area contributed by atoms with Crippen molar-refractivity contribution in [3.63, 3.8) is 0 Å². The monoisotopic (exact) mass is 245 g/mol. The zero-order chi connectivity index (χ0) is 13.5. The molecule has 1 aromatic carbocycles. The Hall–Kier alpha value is -1.99. The zero-order valence-corrected chi connectivity index (χ0v) is 10.7. The fourth-order valence-electron chi connectivity index (χ4n) is 1.76. The van der Waals surface area contributed by atoms with Crippen LogP contribution in [-0.4, -0.2) is 12.1 Å². The number of anilines is 1. The molecule has 18 heavy (non-hydrogen) atoms. The Morgan fingerprint density at radius 2 is 2.00 bits per heavy atom. The standard InChI is InChI=1S/C14H19N3O/c1-4-5-10(2)16-11(3)12-6-8-13(9-7-12)17-14(15)18/h1,6-11,16H,5H2,2-3H3,(H3,15,17,18). The normalized spacial score (nSPS) is 13.4. The van der Waals surface area contributed by atoms with Gasteiger partial charge in [0.05, 0.1) is 0 Å². The van der Waals surface area contributed by atoms with Crippen molar-refractivity contribution in [1.82, 2.24) is 5.32 Å². The van der Waals surface area contributed by atoms with Crippen LogP contribution < -0.4 is 16.4 Å². The van der Waals surface area contributed by atoms with E-state index in [4.69, 9.17) is 12.2 Å². The van der Waals surface area contributed by atoms with Gasteiger partial charge in [-0.3, -0.25) is 0 Å². The van der Waals surface area contributed by atoms with E-state index in [0.29, 0.717) is 12.1 Å². The molecule has 0 aromatic heterocycles. The van der Waals surface area contributed by atoms with Gasteiger partial charge in [-0.1, -0.05) is 12.1 Å². The highest BCUT2D eigenvalue weighted by molar-refractivity contribution is 5.87. The molecule has 2 amide bonds. The number of carbonyl (C=O) groups is 1. The molecule has 0 aliphatic rings. The quantitative estimate of drug-likeness (QED) is 0.696. The Morgan fingerprint density at radius 3 is 2.50 bits per heavy atom. The van der Waals surface area contributed by atoms with Gasteiger partial charge in [0.25, 0.3) is 0 Å². The lowest BCUT2D eigenvalue weighted by Gasteiger charge is -2.19. The fourth-order valence-corrected chi connectivity index (χ4v) is 1.76. The predicted octanol–water partition coefficient (Wildman–Crippen LogP) is 2.24. The second kappa shape index (κ2) is 6.67. The van der Waals surface area contributed by atoms with Gasteiger partial charge in [0.15, 0.2) is 0 Å². The Balaban J connectivity index is 2.61. The molecule has 0 heterocycles. The molecule has 96 valence electrons. The van der Waals surface area contributed by atoms with Gasteiger partial charge in [0, 0.05) is 24.2 Å². The van der Waals surface area contributed by atoms with E-state index in [1.807, 2.05) is 24.3 Å². The number of nitrogens with two attached hydrogens (primary N) is 1. The lowest BCUT2D eigenvalue weighted by atomic mass is 10.1. The summed E-state index contributed by atoms with van der Waals surface area (Å²) >= 11 is 0. The van der Waals surface area contributed by atoms with Crippen molar-refractivity contribution in [3.8, 4) is 12.3 Å². The van der Waals surface area contributed by atoms with Crippen LogP contribution in [0.2, 0.25) is 0 Å². The van der Waals surface area contributed by atoms with Crippen molar-refractivity contribution in [3.05, 3.63) is 29.8 Å². The summed E-state index contributed by atoms with van der Waals surface area (Å²) < 4.78 is 0. The third kappa shape index (κ3) is 4.48. The maximum Gasteiger partial charge on any atom is 0.316 e. The molecular formula is C14H19N3O. The number of benzene rings is 1. The van der Waals surface area contributed by atoms with Crippen molar-refractivity contribution in [2.24, 2.45) is 5.73 Å². The molecule has 1 aromatic rings. The highest BCUT2D eigenvalue weighted by atomic mass is 16.2. The third-order valence-corrected chi connectivity index (χ3v) is 2.64. The molecule has 0 saturated heterocycles. The van der Waals surface area contributed by atoms with Gasteiger partial charge in [-0.25, -0.2) is 4.79 Å². The maximum atomic E-state index is 10.7. The molecule has 2 unspecified atom stereocenters. The van der Waals surface area contributed by atoms with Crippen LogP contribution in [0.5, 0.6) is 0 Å². The van der Waals surface area contributed by atoms with Gasteiger partial charge in [0.2, 0.25) is 0 Å². The number of amides is 2. The summed E-state index contributed by atoms with van der Waals surface area (Å²) in [5.41, 5.74) is 6.86. The van der Waals surface area contributed by atoms with Crippen molar-refractivity contribution in [1.29, 1.82) is 0 Å². The summed E-state index contributed by atoms with van der Waals surface area (Å²) in [5, 5.41) is 5.93. The van der Waals surface area contributed by atoms with Crippen LogP contribution in [0.3, 0.4) is 0 Å². The fraction of sp³-hybridized carbons (Fsp3) is 0.357. The van der Waals surface area contributed by atoms with E-state index in [0.717, 1.165) is 5.56 Å². The highest BCUT2D eigenvalue weighted by Gasteiger charge is 2.08. The van der Waals surface area contributed by atoms with E-state index in [9.17, 15) is 4.79 Å². The molecule has 0 fully saturated rings. The van der Waals surface area contributed by atoms with Crippen LogP contribution in [-0.2, 0) is 0 Å². The van der Waals surface area contributed by atoms with Gasteiger partial charge in [-0.05, 0) is 31.5 Å². The van der Waals surface area contributed by atoms with Crippen LogP contribution in [0.15, 0.2) is 24.3 Å². The molecule has 4 nitrogen and oxygen atoms in total. The maximum absolute atomic E-state index is 10.7. The van der Waals surface area contributed by atoms with Crippen LogP contribution in [0.4, 0.5) is 10.5 Å². The second-order valence-corrected chi connectivity index (χ2v) is 4.31. The Kier molecular flexibility index (Phi) is 5.22. The minimum atomic E-state index is -0.559. The molecular weight excluding hydrogens is 226 g/mol. The van der Waals surface area contributed by atoms with E-state index >= 15 is 0 Å². The Morgan fingerprint density at radius 1 is 1.39 bits per heavy atom. The number of hydrogen-bond acceptors (Lipinski definition) is 2. The first-order valence-corrected chi connectivity index (χ1v) is 5.89. The molecule has 1 rings (SSSR count). The molecule has 0 aliphatic carbocycles. The van der Waals surface area contributed by atoms with E-state index in [2.05, 4.69) is 30.4 Å². The smallest absolute Gasteiger partial charge is 0.316 e. The number of hydrogen-bond donors (Lipinski definition) is 3. The number of primary amides is 1. The average molecular weight is 245 g/mol. The number of nitrogens with one attached hydrogen (secondary N) is 2. The van der Waals surface area contributed by atoms with Gasteiger partial charge in [-0.2, -0.15) is 0 Å². The summed E-state index contributed by atoms with van der Waals surface area (Å²) in [4.78, 5) is 10.7. The van der Waals surface area contributed by atoms with Gasteiger partial charge < -0.3 is 16.4 Å². The Labute approximate surface area is 108 Å². The van der Waals surface area contributed by atoms with Crippen molar-refractivity contribution >= 4 is 11.7 Å². The van der Waals surface area contributed by atoms with Gasteiger partial charge >= 0.3 is 6.03 Å². The minimum Gasteiger partial charge on any atom is -0.351 e. The van der Waals surface area contributed by atoms with Crippen LogP contribution in [0.25, 0.3) is 0 Å². The van der Waals surface area contributed by atoms with Crippen molar-refractivity contribution in [2.75, 3.05) is 5.32 Å². The summed E-state index contributed by atoms with van der Waals surface area (Å²) in [5.74, 6) is 2.63. The molecule has 0 aliphatic heterocycles. The predicted molar refractivity (Wildman–Crippen MR) is 74.1 cm³/mol. The Bertz CT molecular complexity index is 433. The average Bonchev–Trinajstić information content (AvgIpc) is 2.29. The van der Waals surface area contributed by atoms with Crippen LogP contribution >= 0.6 is 0 Å². The van der Waals surface area contributed by atoms with E-state index < -0.39 is 6.03 Å². The first kappa shape index (κ1) is 14.1. The highest BCUT2D eigenvalue weighted by Crippen LogP contribution is 2.16. The molecule has 2 atom stereocenters. The molecule has 0 bridgehead atoms. The number of carbonyl (C=O) groups excluding carboxylic acids is 1. The lowest BCUT2D eigenvalue weighted by Crippen LogP contribution is -2.28. The molecule has 0 spiro atoms. The van der Waals surface area contributed by atoms with E-state index in [1.54, 1.807) is 0 Å². The molecule has 4 heteroatoms. The van der Waals surface area contributed by atoms with Crippen LogP contribution in [0, 0.1) is 12.3 Å². The van der Waals surface area contributed by atoms with Gasteiger partial charge in [0.1, 0.15) is 0 Å². The lowest BCUT2D eigenvalue weighted by molar-refractivity contribution is 0.259. The van der Waals surface area contributed by atoms with Crippen molar-refractivity contribution in [2.45, 2.75) is 32.4 Å². The molecule has 0 saturated carbocycles. The topological polar surface area (TPSA) is 67.2 Å². The number of terminal acetylenes is 1. The summed E-state index contributed by atoms with van der Waals surface area (Å²) in [6, 6.07) is 7.46. The van der Waals surface area contributed by atoms with Crippen LogP contribution in [0.1, 0.15) is 31.9 Å². The summed E-state index contributed by atoms with van der Waals surface area (Å²) in [6.07, 6.45) is 5.97. The first-order valence-electron chi connectivity index (χ1n) is 5.89. The minimum absolute atomic E-state index is 0.205. The largest absolute Gasteiger partial charge is 0.351 e. The molecule has 0 radical (unpaired) electrons. The second-order valence-electron chi connectivity index (χ2n) is 4.31. The zero-order valence-electron chi connectivity index (χ0n) is 10.7. The summed E-state index contributed by atoms with van der Waals surface area (Å²) in [7, 11) is 0. The van der Waals surface area contributed by atoms with Gasteiger partial charge in [-0.15, -0.1) is 12.3 Å². The number of urea groups is 1. The van der Waals surface area contributed by atoms with Crippen molar-refractivity contribution < 1.29 is 4.79 Å². The molecule has 4 N–H and O–H groups in total. The van der Waals surface area contributed by atoms with E-state index in [1.165, 1.54) is 0 Å².